The first kappa shape index (κ1) is 22.2. The van der Waals surface area contributed by atoms with E-state index in [2.05, 4.69) is 25.1 Å². The van der Waals surface area contributed by atoms with Crippen molar-refractivity contribution in [1.29, 1.82) is 0 Å². The lowest BCUT2D eigenvalue weighted by Crippen LogP contribution is -2.39. The van der Waals surface area contributed by atoms with Crippen LogP contribution in [0.15, 0.2) is 36.7 Å². The van der Waals surface area contributed by atoms with Gasteiger partial charge in [0.1, 0.15) is 5.82 Å². The number of hydrogen-bond acceptors (Lipinski definition) is 7. The van der Waals surface area contributed by atoms with Crippen LogP contribution in [0.2, 0.25) is 5.02 Å². The maximum atomic E-state index is 13.0. The van der Waals surface area contributed by atoms with Crippen molar-refractivity contribution >= 4 is 27.8 Å². The van der Waals surface area contributed by atoms with Gasteiger partial charge in [-0.2, -0.15) is 17.0 Å². The van der Waals surface area contributed by atoms with Gasteiger partial charge < -0.3 is 4.90 Å². The lowest BCUT2D eigenvalue weighted by molar-refractivity contribution is 0.361. The fraction of sp³-hybridized carbons (Fsp3) is 0.429. The van der Waals surface area contributed by atoms with Crippen LogP contribution in [0, 0.1) is 0 Å². The van der Waals surface area contributed by atoms with Crippen LogP contribution in [0.4, 0.5) is 5.95 Å². The van der Waals surface area contributed by atoms with Gasteiger partial charge in [-0.15, -0.1) is 10.2 Å². The van der Waals surface area contributed by atoms with Gasteiger partial charge in [0.15, 0.2) is 5.82 Å². The van der Waals surface area contributed by atoms with Crippen molar-refractivity contribution in [3.63, 3.8) is 0 Å². The highest BCUT2D eigenvalue weighted by Gasteiger charge is 2.34. The molecule has 2 aliphatic rings. The standard InChI is InChI=1S/C21H25ClN8O2S/c1-27(2)33(31,32)29-13-16-12-17(22)4-5-18(16)30-19(14-29)25-26-20(30)15-6-10-28(11-7-15)21-23-8-3-9-24-21/h3-5,8-9,12,15H,6-7,10-11,13-14H2,1-2H3. The molecule has 0 unspecified atom stereocenters. The van der Waals surface area contributed by atoms with Gasteiger partial charge in [-0.05, 0) is 42.7 Å². The Balaban J connectivity index is 1.49. The Kier molecular flexibility index (Phi) is 5.81. The Morgan fingerprint density at radius 3 is 2.48 bits per heavy atom. The molecule has 1 saturated heterocycles. The molecule has 2 aliphatic heterocycles. The van der Waals surface area contributed by atoms with Crippen molar-refractivity contribution < 1.29 is 8.42 Å². The number of benzene rings is 1. The summed E-state index contributed by atoms with van der Waals surface area (Å²) in [4.78, 5) is 10.9. The van der Waals surface area contributed by atoms with Crippen LogP contribution in [0.5, 0.6) is 0 Å². The fourth-order valence-corrected chi connectivity index (χ4v) is 5.69. The van der Waals surface area contributed by atoms with Gasteiger partial charge in [-0.3, -0.25) is 4.57 Å². The molecule has 12 heteroatoms. The Morgan fingerprint density at radius 1 is 1.06 bits per heavy atom. The zero-order valence-electron chi connectivity index (χ0n) is 18.5. The van der Waals surface area contributed by atoms with E-state index in [1.165, 1.54) is 22.7 Å². The normalized spacial score (nSPS) is 17.6. The van der Waals surface area contributed by atoms with Crippen LogP contribution in [0.1, 0.15) is 36.0 Å². The number of piperidine rings is 1. The largest absolute Gasteiger partial charge is 0.341 e. The summed E-state index contributed by atoms with van der Waals surface area (Å²) in [5.41, 5.74) is 1.70. The van der Waals surface area contributed by atoms with Gasteiger partial charge in [-0.1, -0.05) is 11.6 Å². The van der Waals surface area contributed by atoms with Gasteiger partial charge in [0, 0.05) is 57.1 Å². The lowest BCUT2D eigenvalue weighted by atomic mass is 9.95. The quantitative estimate of drug-likeness (QED) is 0.555. The Labute approximate surface area is 198 Å². The number of rotatable bonds is 4. The molecule has 2 aromatic heterocycles. The first-order chi connectivity index (χ1) is 15.8. The number of halogens is 1. The zero-order chi connectivity index (χ0) is 23.2. The van der Waals surface area contributed by atoms with E-state index in [1.54, 1.807) is 12.4 Å². The maximum absolute atomic E-state index is 13.0. The van der Waals surface area contributed by atoms with Crippen molar-refractivity contribution in [3.05, 3.63) is 58.9 Å². The minimum atomic E-state index is -3.65. The van der Waals surface area contributed by atoms with Gasteiger partial charge in [0.25, 0.3) is 10.2 Å². The average molecular weight is 489 g/mol. The molecule has 0 spiro atoms. The molecule has 0 N–H and O–H groups in total. The number of fused-ring (bicyclic) bond motifs is 3. The summed E-state index contributed by atoms with van der Waals surface area (Å²) >= 11 is 6.28. The highest BCUT2D eigenvalue weighted by atomic mass is 35.5. The molecule has 33 heavy (non-hydrogen) atoms. The second kappa shape index (κ2) is 8.64. The summed E-state index contributed by atoms with van der Waals surface area (Å²) in [6.45, 7) is 1.97. The average Bonchev–Trinajstić information content (AvgIpc) is 3.15. The highest BCUT2D eigenvalue weighted by molar-refractivity contribution is 7.86. The molecule has 0 atom stereocenters. The molecule has 0 saturated carbocycles. The van der Waals surface area contributed by atoms with E-state index < -0.39 is 10.2 Å². The molecule has 1 aromatic carbocycles. The predicted molar refractivity (Wildman–Crippen MR) is 124 cm³/mol. The van der Waals surface area contributed by atoms with Gasteiger partial charge in [0.2, 0.25) is 5.95 Å². The molecular weight excluding hydrogens is 464 g/mol. The van der Waals surface area contributed by atoms with Crippen molar-refractivity contribution in [2.45, 2.75) is 31.8 Å². The Morgan fingerprint density at radius 2 is 1.79 bits per heavy atom. The number of hydrogen-bond donors (Lipinski definition) is 0. The monoisotopic (exact) mass is 488 g/mol. The van der Waals surface area contributed by atoms with Crippen molar-refractivity contribution in [2.75, 3.05) is 32.1 Å². The molecule has 0 amide bonds. The van der Waals surface area contributed by atoms with E-state index >= 15 is 0 Å². The second-order valence-corrected chi connectivity index (χ2v) is 11.0. The van der Waals surface area contributed by atoms with Gasteiger partial charge >= 0.3 is 0 Å². The molecule has 174 valence electrons. The molecular formula is C21H25ClN8O2S. The van der Waals surface area contributed by atoms with Crippen LogP contribution in [0.25, 0.3) is 5.69 Å². The first-order valence-corrected chi connectivity index (χ1v) is 12.5. The third-order valence-electron chi connectivity index (χ3n) is 6.18. The lowest BCUT2D eigenvalue weighted by Gasteiger charge is -2.31. The zero-order valence-corrected chi connectivity index (χ0v) is 20.0. The minimum Gasteiger partial charge on any atom is -0.341 e. The predicted octanol–water partition coefficient (Wildman–Crippen LogP) is 2.22. The SMILES string of the molecule is CN(C)S(=O)(=O)N1Cc2cc(Cl)ccc2-n2c(nnc2C2CCN(c3ncccn3)CC2)C1. The summed E-state index contributed by atoms with van der Waals surface area (Å²) in [5.74, 6) is 2.38. The fourth-order valence-electron chi connectivity index (χ4n) is 4.45. The number of anilines is 1. The molecule has 0 bridgehead atoms. The summed E-state index contributed by atoms with van der Waals surface area (Å²) in [5, 5.41) is 9.53. The van der Waals surface area contributed by atoms with E-state index in [9.17, 15) is 8.42 Å². The summed E-state index contributed by atoms with van der Waals surface area (Å²) < 4.78 is 30.6. The van der Waals surface area contributed by atoms with Crippen LogP contribution in [-0.2, 0) is 23.3 Å². The van der Waals surface area contributed by atoms with Crippen LogP contribution < -0.4 is 4.90 Å². The summed E-state index contributed by atoms with van der Waals surface area (Å²) in [6.07, 6.45) is 5.25. The second-order valence-electron chi connectivity index (χ2n) is 8.45. The van der Waals surface area contributed by atoms with Crippen molar-refractivity contribution in [3.8, 4) is 5.69 Å². The topological polar surface area (TPSA) is 100 Å². The van der Waals surface area contributed by atoms with Gasteiger partial charge in [-0.25, -0.2) is 9.97 Å². The van der Waals surface area contributed by atoms with E-state index in [1.807, 2.05) is 28.8 Å². The third-order valence-corrected chi connectivity index (χ3v) is 8.25. The maximum Gasteiger partial charge on any atom is 0.282 e. The smallest absolute Gasteiger partial charge is 0.282 e. The molecule has 1 fully saturated rings. The van der Waals surface area contributed by atoms with E-state index in [0.717, 1.165) is 49.0 Å². The highest BCUT2D eigenvalue weighted by Crippen LogP contribution is 2.34. The van der Waals surface area contributed by atoms with Crippen LogP contribution in [0.3, 0.4) is 0 Å². The molecule has 5 rings (SSSR count). The number of nitrogens with zero attached hydrogens (tertiary/aromatic N) is 8. The van der Waals surface area contributed by atoms with Crippen LogP contribution >= 0.6 is 11.6 Å². The molecule has 10 nitrogen and oxygen atoms in total. The van der Waals surface area contributed by atoms with E-state index in [-0.39, 0.29) is 19.0 Å². The van der Waals surface area contributed by atoms with Gasteiger partial charge in [0.05, 0.1) is 12.2 Å². The molecule has 3 aromatic rings. The minimum absolute atomic E-state index is 0.135. The molecule has 4 heterocycles. The molecule has 0 radical (unpaired) electrons. The summed E-state index contributed by atoms with van der Waals surface area (Å²) in [7, 11) is -0.599. The van der Waals surface area contributed by atoms with Crippen molar-refractivity contribution in [1.82, 2.24) is 33.3 Å². The number of aromatic nitrogens is 5. The van der Waals surface area contributed by atoms with Crippen molar-refractivity contribution in [2.24, 2.45) is 0 Å². The molecule has 0 aliphatic carbocycles. The third kappa shape index (κ3) is 4.10. The van der Waals surface area contributed by atoms with E-state index in [4.69, 9.17) is 11.6 Å². The summed E-state index contributed by atoms with van der Waals surface area (Å²) in [6, 6.07) is 7.38. The van der Waals surface area contributed by atoms with Crippen LogP contribution in [-0.4, -0.2) is 68.9 Å². The Bertz CT molecular complexity index is 1260. The van der Waals surface area contributed by atoms with E-state index in [0.29, 0.717) is 10.8 Å². The Hall–Kier alpha value is -2.60. The first-order valence-electron chi connectivity index (χ1n) is 10.8.